The lowest BCUT2D eigenvalue weighted by Gasteiger charge is -1.64. The number of hydrogen-bond donors (Lipinski definition) is 0. The highest BCUT2D eigenvalue weighted by Gasteiger charge is 1.65. The van der Waals surface area contributed by atoms with Gasteiger partial charge in [-0.05, 0) is 5.21 Å². The van der Waals surface area contributed by atoms with Gasteiger partial charge in [-0.1, -0.05) is 0 Å². The molecule has 0 aliphatic carbocycles. The maximum Gasteiger partial charge on any atom is 0.126 e. The van der Waals surface area contributed by atoms with Crippen LogP contribution in [0.15, 0.2) is 0 Å². The van der Waals surface area contributed by atoms with E-state index >= 15 is 0 Å². The molecule has 0 amide bonds. The summed E-state index contributed by atoms with van der Waals surface area (Å²) in [7, 11) is 0. The van der Waals surface area contributed by atoms with E-state index in [1.165, 1.54) is 0 Å². The van der Waals surface area contributed by atoms with Gasteiger partial charge in [0.2, 0.25) is 0 Å². The van der Waals surface area contributed by atoms with Gasteiger partial charge in [0, 0.05) is 6.07 Å². The van der Waals surface area contributed by atoms with Gasteiger partial charge in [0.1, 0.15) is 12.4 Å². The van der Waals surface area contributed by atoms with Crippen LogP contribution in [0.25, 0.3) is 0 Å². The zero-order valence-corrected chi connectivity index (χ0v) is 2.84. The molecule has 0 spiro atoms. The molecule has 1 heterocycles. The molecule has 0 fully saturated rings. The summed E-state index contributed by atoms with van der Waals surface area (Å²) in [4.78, 5) is 0. The normalized spacial score (nSPS) is 8.00. The van der Waals surface area contributed by atoms with Gasteiger partial charge in [-0.2, -0.15) is 0 Å². The highest BCUT2D eigenvalue weighted by Crippen LogP contribution is 1.56. The Morgan fingerprint density at radius 3 is 1.83 bits per heavy atom. The Morgan fingerprint density at radius 2 is 1.67 bits per heavy atom. The van der Waals surface area contributed by atoms with Crippen molar-refractivity contribution in [3.05, 3.63) is 18.5 Å². The first-order valence-corrected chi connectivity index (χ1v) is 1.35. The van der Waals surface area contributed by atoms with Crippen molar-refractivity contribution in [1.29, 1.82) is 0 Å². The third-order valence-corrected chi connectivity index (χ3v) is 0.301. The predicted molar refractivity (Wildman–Crippen MR) is 16.3 cm³/mol. The van der Waals surface area contributed by atoms with E-state index in [1.54, 1.807) is 0 Å². The third-order valence-electron chi connectivity index (χ3n) is 0.301. The summed E-state index contributed by atoms with van der Waals surface area (Å²) in [5, 5.41) is 9.57. The van der Waals surface area contributed by atoms with Crippen molar-refractivity contribution >= 4 is 0 Å². The Balaban J connectivity index is 3.00. The van der Waals surface area contributed by atoms with Crippen LogP contribution in [0.4, 0.5) is 0 Å². The fourth-order valence-corrected chi connectivity index (χ4v) is 0.142. The van der Waals surface area contributed by atoms with E-state index in [4.69, 9.17) is 0 Å². The number of hydrogen-bond acceptors (Lipinski definition) is 3. The minimum atomic E-state index is 2.29. The average molecular weight is 78.1 g/mol. The van der Waals surface area contributed by atoms with Crippen LogP contribution in [-0.2, 0) is 0 Å². The Hall–Kier alpha value is -0.990. The average Bonchev–Trinajstić information content (AvgIpc) is 1.72. The van der Waals surface area contributed by atoms with Gasteiger partial charge in [-0.25, -0.2) is 0 Å². The van der Waals surface area contributed by atoms with E-state index in [0.29, 0.717) is 0 Å². The van der Waals surface area contributed by atoms with Gasteiger partial charge < -0.3 is 0 Å². The topological polar surface area (TPSA) is 38.7 Å². The molecule has 0 bridgehead atoms. The molecule has 3 heteroatoms. The van der Waals surface area contributed by atoms with Crippen molar-refractivity contribution in [3.8, 4) is 0 Å². The first-order valence-electron chi connectivity index (χ1n) is 1.35. The molecular weight excluding hydrogens is 78.1 g/mol. The van der Waals surface area contributed by atoms with Crippen LogP contribution in [0.5, 0.6) is 0 Å². The number of nitrogens with zero attached hydrogens (tertiary/aromatic N) is 3. The molecule has 1 aromatic rings. The quantitative estimate of drug-likeness (QED) is 0.410. The van der Waals surface area contributed by atoms with Crippen LogP contribution in [-0.4, -0.2) is 15.4 Å². The summed E-state index contributed by atoms with van der Waals surface area (Å²) >= 11 is 0. The molecular formula is C3N3. The molecule has 27 valence electrons. The molecule has 0 aromatic carbocycles. The molecule has 6 heavy (non-hydrogen) atoms. The van der Waals surface area contributed by atoms with Crippen LogP contribution in [0.3, 0.4) is 0 Å². The van der Waals surface area contributed by atoms with Gasteiger partial charge >= 0.3 is 0 Å². The lowest BCUT2D eigenvalue weighted by atomic mass is 10.7. The van der Waals surface area contributed by atoms with Crippen LogP contribution in [0.2, 0.25) is 0 Å². The zero-order valence-electron chi connectivity index (χ0n) is 2.84. The lowest BCUT2D eigenvalue weighted by molar-refractivity contribution is 0.852. The van der Waals surface area contributed by atoms with Crippen molar-refractivity contribution < 1.29 is 0 Å². The van der Waals surface area contributed by atoms with E-state index in [0.717, 1.165) is 0 Å². The monoisotopic (exact) mass is 78.0 g/mol. The van der Waals surface area contributed by atoms with Gasteiger partial charge in [0.05, 0.1) is 0 Å². The zero-order chi connectivity index (χ0) is 4.24. The first-order chi connectivity index (χ1) is 3.00. The maximum atomic E-state index is 3.21. The molecule has 0 atom stereocenters. The molecule has 0 aliphatic heterocycles. The summed E-state index contributed by atoms with van der Waals surface area (Å²) in [6.45, 7) is 0. The molecule has 0 aliphatic rings. The molecule has 0 saturated carbocycles. The third kappa shape index (κ3) is 0.484. The largest absolute Gasteiger partial charge is 0.128 e. The van der Waals surface area contributed by atoms with E-state index in [2.05, 4.69) is 33.9 Å². The molecule has 0 unspecified atom stereocenters. The molecule has 3 radical (unpaired) electrons. The second kappa shape index (κ2) is 1.45. The van der Waals surface area contributed by atoms with E-state index < -0.39 is 0 Å². The first kappa shape index (κ1) is 3.21. The number of rotatable bonds is 0. The van der Waals surface area contributed by atoms with E-state index in [9.17, 15) is 0 Å². The smallest absolute Gasteiger partial charge is 0.126 e. The molecule has 1 rings (SSSR count). The standard InChI is InChI=1S/C3N3/c1-2-4-6-5-3-1. The molecule has 3 nitrogen and oxygen atoms in total. The highest BCUT2D eigenvalue weighted by atomic mass is 15.3. The van der Waals surface area contributed by atoms with Crippen molar-refractivity contribution in [2.75, 3.05) is 0 Å². The van der Waals surface area contributed by atoms with E-state index in [1.807, 2.05) is 0 Å². The fraction of sp³-hybridized carbons (Fsp3) is 0. The molecule has 1 aromatic heterocycles. The van der Waals surface area contributed by atoms with Gasteiger partial charge in [-0.3, -0.25) is 0 Å². The van der Waals surface area contributed by atoms with E-state index in [-0.39, 0.29) is 0 Å². The van der Waals surface area contributed by atoms with Crippen molar-refractivity contribution in [2.45, 2.75) is 0 Å². The Morgan fingerprint density at radius 1 is 1.00 bits per heavy atom. The second-order valence-corrected chi connectivity index (χ2v) is 0.638. The minimum absolute atomic E-state index is 2.29. The Labute approximate surface area is 35.0 Å². The van der Waals surface area contributed by atoms with Crippen LogP contribution in [0, 0.1) is 18.5 Å². The number of aromatic nitrogens is 3. The summed E-state index contributed by atoms with van der Waals surface area (Å²) in [6, 6.07) is 2.36. The van der Waals surface area contributed by atoms with Crippen molar-refractivity contribution in [1.82, 2.24) is 15.4 Å². The SMILES string of the molecule is [c]1[c]nnn[c]1. The predicted octanol–water partition coefficient (Wildman–Crippen LogP) is -0.728. The summed E-state index contributed by atoms with van der Waals surface area (Å²) < 4.78 is 0. The van der Waals surface area contributed by atoms with Crippen LogP contribution >= 0.6 is 0 Å². The molecule has 0 saturated heterocycles. The van der Waals surface area contributed by atoms with Crippen molar-refractivity contribution in [3.63, 3.8) is 0 Å². The van der Waals surface area contributed by atoms with Gasteiger partial charge in [-0.15, -0.1) is 10.2 Å². The van der Waals surface area contributed by atoms with Gasteiger partial charge in [0.15, 0.2) is 0 Å². The Kier molecular flexibility index (Phi) is 0.774. The van der Waals surface area contributed by atoms with Crippen molar-refractivity contribution in [2.24, 2.45) is 0 Å². The van der Waals surface area contributed by atoms with Crippen LogP contribution in [0.1, 0.15) is 0 Å². The second-order valence-electron chi connectivity index (χ2n) is 0.638. The Bertz CT molecular complexity index is 78.0. The highest BCUT2D eigenvalue weighted by molar-refractivity contribution is 4.60. The summed E-state index contributed by atoms with van der Waals surface area (Å²) in [6.07, 6.45) is 4.58. The van der Waals surface area contributed by atoms with Gasteiger partial charge in [0.25, 0.3) is 0 Å². The fourth-order valence-electron chi connectivity index (χ4n) is 0.142. The maximum absolute atomic E-state index is 3.21. The lowest BCUT2D eigenvalue weighted by Crippen LogP contribution is -1.80. The van der Waals surface area contributed by atoms with Crippen LogP contribution < -0.4 is 0 Å². The molecule has 0 N–H and O–H groups in total. The summed E-state index contributed by atoms with van der Waals surface area (Å²) in [5.74, 6) is 0. The summed E-state index contributed by atoms with van der Waals surface area (Å²) in [5.41, 5.74) is 0. The minimum Gasteiger partial charge on any atom is -0.128 e.